The molecule has 0 heterocycles. The van der Waals surface area contributed by atoms with E-state index in [1.165, 1.54) is 5.56 Å². The highest BCUT2D eigenvalue weighted by atomic mass is 35.5. The summed E-state index contributed by atoms with van der Waals surface area (Å²) in [5, 5.41) is 20.8. The molecule has 0 saturated carbocycles. The van der Waals surface area contributed by atoms with Crippen LogP contribution in [0, 0.1) is 0 Å². The zero-order valence-corrected chi connectivity index (χ0v) is 15.9. The van der Waals surface area contributed by atoms with Crippen LogP contribution in [0.2, 0.25) is 5.02 Å². The van der Waals surface area contributed by atoms with Crippen LogP contribution < -0.4 is 0 Å². The molecule has 0 saturated heterocycles. The Labute approximate surface area is 165 Å². The number of aromatic hydroxyl groups is 1. The van der Waals surface area contributed by atoms with Crippen LogP contribution in [0.25, 0.3) is 0 Å². The van der Waals surface area contributed by atoms with Crippen LogP contribution in [0.4, 0.5) is 0 Å². The van der Waals surface area contributed by atoms with Gasteiger partial charge in [-0.15, -0.1) is 0 Å². The van der Waals surface area contributed by atoms with Crippen molar-refractivity contribution in [3.63, 3.8) is 0 Å². The van der Waals surface area contributed by atoms with E-state index < -0.39 is 6.10 Å². The minimum Gasteiger partial charge on any atom is -0.508 e. The number of phenolic OH excluding ortho intramolecular Hbond substituents is 1. The third kappa shape index (κ3) is 6.10. The Bertz CT molecular complexity index is 837. The highest BCUT2D eigenvalue weighted by Crippen LogP contribution is 2.20. The average Bonchev–Trinajstić information content (AvgIpc) is 2.68. The van der Waals surface area contributed by atoms with E-state index in [0.29, 0.717) is 11.6 Å². The van der Waals surface area contributed by atoms with E-state index in [0.717, 1.165) is 30.6 Å². The molecule has 1 atom stereocenters. The molecule has 0 fully saturated rings. The van der Waals surface area contributed by atoms with Gasteiger partial charge in [-0.3, -0.25) is 4.90 Å². The van der Waals surface area contributed by atoms with Crippen molar-refractivity contribution < 1.29 is 10.2 Å². The van der Waals surface area contributed by atoms with E-state index in [1.807, 2.05) is 54.6 Å². The van der Waals surface area contributed by atoms with E-state index in [2.05, 4.69) is 17.0 Å². The van der Waals surface area contributed by atoms with Crippen LogP contribution >= 0.6 is 11.6 Å². The molecule has 3 aromatic carbocycles. The number of hydrogen-bond acceptors (Lipinski definition) is 3. The SMILES string of the molecule is Oc1ccc(CCN(Cc2ccccc2)C[C@@H](O)c2cccc(Cl)c2)cc1. The molecule has 0 aliphatic heterocycles. The summed E-state index contributed by atoms with van der Waals surface area (Å²) in [6.45, 7) is 2.08. The van der Waals surface area contributed by atoms with Crippen molar-refractivity contribution in [3.8, 4) is 5.75 Å². The molecule has 3 aromatic rings. The highest BCUT2D eigenvalue weighted by Gasteiger charge is 2.15. The first-order chi connectivity index (χ1) is 13.1. The Morgan fingerprint density at radius 2 is 1.59 bits per heavy atom. The van der Waals surface area contributed by atoms with Gasteiger partial charge < -0.3 is 10.2 Å². The van der Waals surface area contributed by atoms with Gasteiger partial charge in [-0.05, 0) is 47.4 Å². The van der Waals surface area contributed by atoms with Crippen LogP contribution in [-0.4, -0.2) is 28.2 Å². The number of benzene rings is 3. The third-order valence-corrected chi connectivity index (χ3v) is 4.80. The molecule has 27 heavy (non-hydrogen) atoms. The highest BCUT2D eigenvalue weighted by molar-refractivity contribution is 6.30. The Kier molecular flexibility index (Phi) is 6.88. The number of rotatable bonds is 8. The summed E-state index contributed by atoms with van der Waals surface area (Å²) in [5.41, 5.74) is 3.19. The molecule has 3 rings (SSSR count). The summed E-state index contributed by atoms with van der Waals surface area (Å²) in [7, 11) is 0. The minimum atomic E-state index is -0.604. The molecule has 0 amide bonds. The van der Waals surface area contributed by atoms with Gasteiger partial charge in [0.05, 0.1) is 6.10 Å². The molecule has 4 heteroatoms. The quantitative estimate of drug-likeness (QED) is 0.587. The van der Waals surface area contributed by atoms with Gasteiger partial charge in [0.25, 0.3) is 0 Å². The second-order valence-corrected chi connectivity index (χ2v) is 7.14. The summed E-state index contributed by atoms with van der Waals surface area (Å²) >= 11 is 6.06. The standard InChI is InChI=1S/C23H24ClNO2/c24-21-8-4-7-20(15-21)23(27)17-25(16-19-5-2-1-3-6-19)14-13-18-9-11-22(26)12-10-18/h1-12,15,23,26-27H,13-14,16-17H2/t23-/m1/s1. The number of aliphatic hydroxyl groups is 1. The molecule has 0 spiro atoms. The van der Waals surface area contributed by atoms with Crippen molar-refractivity contribution in [2.24, 2.45) is 0 Å². The van der Waals surface area contributed by atoms with Gasteiger partial charge in [-0.2, -0.15) is 0 Å². The molecule has 0 radical (unpaired) electrons. The topological polar surface area (TPSA) is 43.7 Å². The lowest BCUT2D eigenvalue weighted by Gasteiger charge is -2.25. The molecular formula is C23H24ClNO2. The van der Waals surface area contributed by atoms with Crippen LogP contribution in [0.5, 0.6) is 5.75 Å². The van der Waals surface area contributed by atoms with Crippen molar-refractivity contribution in [1.29, 1.82) is 0 Å². The molecule has 0 aliphatic carbocycles. The van der Waals surface area contributed by atoms with Crippen LogP contribution in [0.3, 0.4) is 0 Å². The second-order valence-electron chi connectivity index (χ2n) is 6.71. The van der Waals surface area contributed by atoms with Gasteiger partial charge in [0, 0.05) is 24.7 Å². The van der Waals surface area contributed by atoms with Crippen LogP contribution in [-0.2, 0) is 13.0 Å². The molecule has 0 aliphatic rings. The number of phenols is 1. The Hall–Kier alpha value is -2.33. The van der Waals surface area contributed by atoms with Crippen molar-refractivity contribution >= 4 is 11.6 Å². The zero-order chi connectivity index (χ0) is 19.1. The fourth-order valence-corrected chi connectivity index (χ4v) is 3.29. The van der Waals surface area contributed by atoms with E-state index in [-0.39, 0.29) is 5.75 Å². The molecule has 0 aromatic heterocycles. The van der Waals surface area contributed by atoms with Crippen molar-refractivity contribution in [2.75, 3.05) is 13.1 Å². The third-order valence-electron chi connectivity index (χ3n) is 4.57. The maximum Gasteiger partial charge on any atom is 0.115 e. The van der Waals surface area contributed by atoms with Crippen molar-refractivity contribution in [1.82, 2.24) is 4.90 Å². The molecular weight excluding hydrogens is 358 g/mol. The number of hydrogen-bond donors (Lipinski definition) is 2. The molecule has 140 valence electrons. The summed E-state index contributed by atoms with van der Waals surface area (Å²) in [5.74, 6) is 0.274. The Balaban J connectivity index is 1.69. The first kappa shape index (κ1) is 19.4. The van der Waals surface area contributed by atoms with E-state index in [4.69, 9.17) is 11.6 Å². The lowest BCUT2D eigenvalue weighted by molar-refractivity contribution is 0.109. The predicted molar refractivity (Wildman–Crippen MR) is 110 cm³/mol. The van der Waals surface area contributed by atoms with Gasteiger partial charge in [0.1, 0.15) is 5.75 Å². The van der Waals surface area contributed by atoms with Gasteiger partial charge in [-0.1, -0.05) is 66.2 Å². The van der Waals surface area contributed by atoms with Gasteiger partial charge in [0.2, 0.25) is 0 Å². The second kappa shape index (κ2) is 9.56. The first-order valence-corrected chi connectivity index (χ1v) is 9.45. The van der Waals surface area contributed by atoms with Gasteiger partial charge in [0.15, 0.2) is 0 Å². The van der Waals surface area contributed by atoms with Crippen molar-refractivity contribution in [3.05, 3.63) is 101 Å². The Morgan fingerprint density at radius 3 is 2.30 bits per heavy atom. The molecule has 3 nitrogen and oxygen atoms in total. The first-order valence-electron chi connectivity index (χ1n) is 9.08. The number of halogens is 1. The summed E-state index contributed by atoms with van der Waals surface area (Å²) in [6, 6.07) is 24.9. The summed E-state index contributed by atoms with van der Waals surface area (Å²) < 4.78 is 0. The van der Waals surface area contributed by atoms with Crippen LogP contribution in [0.1, 0.15) is 22.8 Å². The smallest absolute Gasteiger partial charge is 0.115 e. The van der Waals surface area contributed by atoms with Crippen molar-refractivity contribution in [2.45, 2.75) is 19.1 Å². The lowest BCUT2D eigenvalue weighted by Crippen LogP contribution is -2.30. The normalized spacial score (nSPS) is 12.3. The largest absolute Gasteiger partial charge is 0.508 e. The minimum absolute atomic E-state index is 0.274. The zero-order valence-electron chi connectivity index (χ0n) is 15.1. The van der Waals surface area contributed by atoms with Crippen LogP contribution in [0.15, 0.2) is 78.9 Å². The lowest BCUT2D eigenvalue weighted by atomic mass is 10.1. The van der Waals surface area contributed by atoms with Gasteiger partial charge in [-0.25, -0.2) is 0 Å². The number of nitrogens with zero attached hydrogens (tertiary/aromatic N) is 1. The maximum absolute atomic E-state index is 10.7. The predicted octanol–water partition coefficient (Wildman–Crippen LogP) is 4.82. The van der Waals surface area contributed by atoms with E-state index in [1.54, 1.807) is 12.1 Å². The van der Waals surface area contributed by atoms with E-state index >= 15 is 0 Å². The Morgan fingerprint density at radius 1 is 0.852 bits per heavy atom. The average molecular weight is 382 g/mol. The molecule has 0 unspecified atom stereocenters. The fourth-order valence-electron chi connectivity index (χ4n) is 3.09. The summed E-state index contributed by atoms with van der Waals surface area (Å²) in [4.78, 5) is 2.24. The molecule has 2 N–H and O–H groups in total. The summed E-state index contributed by atoms with van der Waals surface area (Å²) in [6.07, 6.45) is 0.238. The van der Waals surface area contributed by atoms with Gasteiger partial charge >= 0.3 is 0 Å². The molecule has 0 bridgehead atoms. The number of aliphatic hydroxyl groups excluding tert-OH is 1. The van der Waals surface area contributed by atoms with E-state index in [9.17, 15) is 10.2 Å². The maximum atomic E-state index is 10.7. The monoisotopic (exact) mass is 381 g/mol. The fraction of sp³-hybridized carbons (Fsp3) is 0.217.